The Balaban J connectivity index is 1.63. The molecule has 2 heterocycles. The van der Waals surface area contributed by atoms with Crippen molar-refractivity contribution in [3.8, 4) is 0 Å². The predicted octanol–water partition coefficient (Wildman–Crippen LogP) is 2.65. The van der Waals surface area contributed by atoms with Crippen LogP contribution < -0.4 is 9.62 Å². The number of fused-ring (bicyclic) bond motifs is 1. The van der Waals surface area contributed by atoms with Gasteiger partial charge in [0.2, 0.25) is 10.0 Å². The van der Waals surface area contributed by atoms with Gasteiger partial charge in [0, 0.05) is 25.8 Å². The summed E-state index contributed by atoms with van der Waals surface area (Å²) < 4.78 is 27.1. The van der Waals surface area contributed by atoms with Crippen molar-refractivity contribution in [3.05, 3.63) is 46.8 Å². The summed E-state index contributed by atoms with van der Waals surface area (Å²) in [6, 6.07) is 9.84. The van der Waals surface area contributed by atoms with Crippen LogP contribution in [-0.2, 0) is 22.9 Å². The second-order valence-corrected chi connectivity index (χ2v) is 8.51. The average Bonchev–Trinajstić information content (AvgIpc) is 3.02. The first-order valence-corrected chi connectivity index (χ1v) is 9.79. The van der Waals surface area contributed by atoms with Crippen LogP contribution in [0.4, 0.5) is 5.69 Å². The van der Waals surface area contributed by atoms with E-state index in [1.165, 1.54) is 34.6 Å². The minimum absolute atomic E-state index is 0.375. The molecule has 4 nitrogen and oxygen atoms in total. The van der Waals surface area contributed by atoms with Crippen LogP contribution in [0.2, 0.25) is 0 Å². The molecule has 6 heteroatoms. The Hall–Kier alpha value is -1.37. The van der Waals surface area contributed by atoms with Crippen LogP contribution in [0.25, 0.3) is 0 Å². The molecule has 0 bridgehead atoms. The van der Waals surface area contributed by atoms with E-state index >= 15 is 0 Å². The summed E-state index contributed by atoms with van der Waals surface area (Å²) >= 11 is 1.24. The fourth-order valence-electron chi connectivity index (χ4n) is 2.81. The van der Waals surface area contributed by atoms with Gasteiger partial charge in [0.15, 0.2) is 0 Å². The molecule has 0 saturated heterocycles. The molecule has 0 unspecified atom stereocenters. The monoisotopic (exact) mass is 336 g/mol. The molecule has 1 aromatic carbocycles. The molecule has 118 valence electrons. The van der Waals surface area contributed by atoms with Crippen molar-refractivity contribution in [3.63, 3.8) is 0 Å². The van der Waals surface area contributed by atoms with E-state index in [-0.39, 0.29) is 0 Å². The van der Waals surface area contributed by atoms with Crippen LogP contribution in [0.15, 0.2) is 39.9 Å². The van der Waals surface area contributed by atoms with Crippen LogP contribution in [0, 0.1) is 0 Å². The summed E-state index contributed by atoms with van der Waals surface area (Å²) in [5, 5.41) is 1.77. The Bertz CT molecular complexity index is 740. The zero-order valence-corrected chi connectivity index (χ0v) is 14.2. The van der Waals surface area contributed by atoms with Crippen molar-refractivity contribution in [2.75, 3.05) is 25.0 Å². The zero-order chi connectivity index (χ0) is 15.6. The van der Waals surface area contributed by atoms with Gasteiger partial charge in [-0.05, 0) is 47.9 Å². The normalized spacial score (nSPS) is 14.9. The highest BCUT2D eigenvalue weighted by Crippen LogP contribution is 2.26. The third-order valence-electron chi connectivity index (χ3n) is 3.96. The van der Waals surface area contributed by atoms with E-state index in [0.29, 0.717) is 17.2 Å². The molecule has 22 heavy (non-hydrogen) atoms. The van der Waals surface area contributed by atoms with Gasteiger partial charge >= 0.3 is 0 Å². The molecule has 3 rings (SSSR count). The van der Waals surface area contributed by atoms with Gasteiger partial charge in [0.1, 0.15) is 4.21 Å². The number of nitrogens with one attached hydrogen (secondary N) is 1. The zero-order valence-electron chi connectivity index (χ0n) is 12.6. The van der Waals surface area contributed by atoms with E-state index in [0.717, 1.165) is 13.0 Å². The molecule has 1 N–H and O–H groups in total. The molecular weight excluding hydrogens is 316 g/mol. The van der Waals surface area contributed by atoms with Gasteiger partial charge in [-0.25, -0.2) is 13.1 Å². The molecule has 0 spiro atoms. The van der Waals surface area contributed by atoms with Crippen LogP contribution in [0.5, 0.6) is 0 Å². The Morgan fingerprint density at radius 1 is 1.32 bits per heavy atom. The quantitative estimate of drug-likeness (QED) is 0.913. The van der Waals surface area contributed by atoms with Crippen molar-refractivity contribution in [1.29, 1.82) is 0 Å². The molecule has 1 aliphatic rings. The number of nitrogens with zero attached hydrogens (tertiary/aromatic N) is 1. The van der Waals surface area contributed by atoms with E-state index in [2.05, 4.69) is 34.9 Å². The van der Waals surface area contributed by atoms with Crippen molar-refractivity contribution in [2.24, 2.45) is 0 Å². The van der Waals surface area contributed by atoms with E-state index in [9.17, 15) is 8.42 Å². The number of thiophene rings is 1. The summed E-state index contributed by atoms with van der Waals surface area (Å²) in [7, 11) is -1.24. The lowest BCUT2D eigenvalue weighted by Gasteiger charge is -2.27. The lowest BCUT2D eigenvalue weighted by molar-refractivity contribution is 0.584. The molecular formula is C16H20N2O2S2. The maximum absolute atomic E-state index is 12.1. The highest BCUT2D eigenvalue weighted by atomic mass is 32.2. The molecule has 1 aromatic heterocycles. The molecule has 0 amide bonds. The third kappa shape index (κ3) is 3.34. The van der Waals surface area contributed by atoms with Gasteiger partial charge in [-0.3, -0.25) is 0 Å². The van der Waals surface area contributed by atoms with Crippen LogP contribution in [0.3, 0.4) is 0 Å². The second-order valence-electron chi connectivity index (χ2n) is 5.57. The molecule has 2 aromatic rings. The third-order valence-corrected chi connectivity index (χ3v) is 6.82. The predicted molar refractivity (Wildman–Crippen MR) is 91.2 cm³/mol. The summed E-state index contributed by atoms with van der Waals surface area (Å²) in [5.74, 6) is 0. The SMILES string of the molecule is CN1CCCc2cc(CCNS(=O)(=O)c3cccs3)ccc21. The molecule has 0 aliphatic carbocycles. The largest absolute Gasteiger partial charge is 0.374 e. The van der Waals surface area contributed by atoms with Crippen molar-refractivity contribution in [1.82, 2.24) is 4.72 Å². The second kappa shape index (κ2) is 6.40. The Kier molecular flexibility index (Phi) is 4.52. The fraction of sp³-hybridized carbons (Fsp3) is 0.375. The minimum atomic E-state index is -3.35. The fourth-order valence-corrected chi connectivity index (χ4v) is 4.88. The Labute approximate surface area is 135 Å². The first-order chi connectivity index (χ1) is 10.6. The molecule has 0 radical (unpaired) electrons. The first-order valence-electron chi connectivity index (χ1n) is 7.42. The Morgan fingerprint density at radius 3 is 2.95 bits per heavy atom. The van der Waals surface area contributed by atoms with Crippen LogP contribution in [0.1, 0.15) is 17.5 Å². The minimum Gasteiger partial charge on any atom is -0.374 e. The number of aryl methyl sites for hydroxylation is 1. The van der Waals surface area contributed by atoms with E-state index < -0.39 is 10.0 Å². The molecule has 0 fully saturated rings. The average molecular weight is 336 g/mol. The lowest BCUT2D eigenvalue weighted by Crippen LogP contribution is -2.26. The highest BCUT2D eigenvalue weighted by Gasteiger charge is 2.15. The highest BCUT2D eigenvalue weighted by molar-refractivity contribution is 7.91. The Morgan fingerprint density at radius 2 is 2.18 bits per heavy atom. The standard InChI is InChI=1S/C16H20N2O2S2/c1-18-10-2-4-14-12-13(6-7-15(14)18)8-9-17-22(19,20)16-5-3-11-21-16/h3,5-7,11-12,17H,2,4,8-10H2,1H3. The van der Waals surface area contributed by atoms with Crippen LogP contribution >= 0.6 is 11.3 Å². The summed E-state index contributed by atoms with van der Waals surface area (Å²) in [6.07, 6.45) is 2.99. The van der Waals surface area contributed by atoms with Gasteiger partial charge in [-0.2, -0.15) is 0 Å². The number of hydrogen-bond acceptors (Lipinski definition) is 4. The van der Waals surface area contributed by atoms with Gasteiger partial charge in [0.05, 0.1) is 0 Å². The smallest absolute Gasteiger partial charge is 0.250 e. The number of sulfonamides is 1. The van der Waals surface area contributed by atoms with E-state index in [1.54, 1.807) is 17.5 Å². The summed E-state index contributed by atoms with van der Waals surface area (Å²) in [4.78, 5) is 2.28. The van der Waals surface area contributed by atoms with Crippen molar-refractivity contribution in [2.45, 2.75) is 23.5 Å². The first kappa shape index (κ1) is 15.5. The summed E-state index contributed by atoms with van der Waals surface area (Å²) in [5.41, 5.74) is 3.85. The maximum Gasteiger partial charge on any atom is 0.250 e. The lowest BCUT2D eigenvalue weighted by atomic mass is 9.98. The summed E-state index contributed by atoms with van der Waals surface area (Å²) in [6.45, 7) is 1.53. The van der Waals surface area contributed by atoms with Crippen molar-refractivity contribution < 1.29 is 8.42 Å². The van der Waals surface area contributed by atoms with Crippen molar-refractivity contribution >= 4 is 27.0 Å². The topological polar surface area (TPSA) is 49.4 Å². The number of anilines is 1. The molecule has 0 saturated carbocycles. The number of rotatable bonds is 5. The molecule has 1 aliphatic heterocycles. The van der Waals surface area contributed by atoms with Gasteiger partial charge < -0.3 is 4.90 Å². The van der Waals surface area contributed by atoms with Gasteiger partial charge in [0.25, 0.3) is 0 Å². The number of benzene rings is 1. The maximum atomic E-state index is 12.1. The number of hydrogen-bond donors (Lipinski definition) is 1. The molecule has 0 atom stereocenters. The van der Waals surface area contributed by atoms with Crippen LogP contribution in [-0.4, -0.2) is 28.6 Å². The van der Waals surface area contributed by atoms with E-state index in [1.807, 2.05) is 0 Å². The van der Waals surface area contributed by atoms with Gasteiger partial charge in [-0.1, -0.05) is 18.2 Å². The van der Waals surface area contributed by atoms with E-state index in [4.69, 9.17) is 0 Å². The van der Waals surface area contributed by atoms with Gasteiger partial charge in [-0.15, -0.1) is 11.3 Å².